The van der Waals surface area contributed by atoms with Crippen molar-refractivity contribution in [2.24, 2.45) is 11.3 Å². The summed E-state index contributed by atoms with van der Waals surface area (Å²) in [5.74, 6) is 1.76. The molecule has 1 heterocycles. The monoisotopic (exact) mass is 340 g/mol. The molecule has 0 saturated carbocycles. The summed E-state index contributed by atoms with van der Waals surface area (Å²) >= 11 is 0. The summed E-state index contributed by atoms with van der Waals surface area (Å²) in [6.45, 7) is 19.9. The largest absolute Gasteiger partial charge is 0.469 e. The molecule has 0 aromatic rings. The molecule has 2 atom stereocenters. The maximum absolute atomic E-state index is 6.54. The van der Waals surface area contributed by atoms with Crippen LogP contribution in [0.5, 0.6) is 0 Å². The van der Waals surface area contributed by atoms with Crippen molar-refractivity contribution in [2.75, 3.05) is 13.2 Å². The zero-order valence-corrected chi connectivity index (χ0v) is 17.4. The Morgan fingerprint density at radius 2 is 1.87 bits per heavy atom. The topological polar surface area (TPSA) is 27.7 Å². The first-order valence-corrected chi connectivity index (χ1v) is 12.0. The number of hydrogen-bond acceptors (Lipinski definition) is 3. The summed E-state index contributed by atoms with van der Waals surface area (Å²) in [5.41, 5.74) is 1.69. The van der Waals surface area contributed by atoms with Crippen molar-refractivity contribution >= 4 is 8.32 Å². The van der Waals surface area contributed by atoms with Crippen LogP contribution in [0.2, 0.25) is 18.1 Å². The maximum Gasteiger partial charge on any atom is 0.203 e. The van der Waals surface area contributed by atoms with E-state index in [1.807, 2.05) is 6.92 Å². The van der Waals surface area contributed by atoms with E-state index in [0.717, 1.165) is 25.9 Å². The molecule has 1 aliphatic carbocycles. The van der Waals surface area contributed by atoms with Crippen LogP contribution in [0.3, 0.4) is 0 Å². The van der Waals surface area contributed by atoms with Crippen LogP contribution in [0.4, 0.5) is 0 Å². The lowest BCUT2D eigenvalue weighted by Gasteiger charge is -2.42. The second-order valence-corrected chi connectivity index (χ2v) is 14.2. The molecular formula is C19H36O3Si. The van der Waals surface area contributed by atoms with Gasteiger partial charge in [0.05, 0.1) is 5.76 Å². The van der Waals surface area contributed by atoms with E-state index >= 15 is 0 Å². The van der Waals surface area contributed by atoms with Crippen molar-refractivity contribution in [2.45, 2.75) is 85.2 Å². The summed E-state index contributed by atoms with van der Waals surface area (Å²) < 4.78 is 18.2. The number of hydrogen-bond donors (Lipinski definition) is 0. The van der Waals surface area contributed by atoms with Crippen LogP contribution in [-0.2, 0) is 13.9 Å². The minimum Gasteiger partial charge on any atom is -0.469 e. The van der Waals surface area contributed by atoms with E-state index in [0.29, 0.717) is 12.5 Å². The van der Waals surface area contributed by atoms with Crippen molar-refractivity contribution in [1.29, 1.82) is 0 Å². The third-order valence-electron chi connectivity index (χ3n) is 6.10. The molecule has 0 fully saturated rings. The van der Waals surface area contributed by atoms with Gasteiger partial charge in [0.25, 0.3) is 0 Å². The van der Waals surface area contributed by atoms with E-state index in [1.165, 1.54) is 11.3 Å². The van der Waals surface area contributed by atoms with Gasteiger partial charge in [0.15, 0.2) is 8.32 Å². The second kappa shape index (κ2) is 6.53. The van der Waals surface area contributed by atoms with Gasteiger partial charge >= 0.3 is 0 Å². The van der Waals surface area contributed by atoms with Gasteiger partial charge in [0.2, 0.25) is 6.29 Å². The van der Waals surface area contributed by atoms with Crippen molar-refractivity contribution in [1.82, 2.24) is 0 Å². The van der Waals surface area contributed by atoms with Crippen LogP contribution in [0.1, 0.15) is 60.8 Å². The molecule has 0 spiro atoms. The molecule has 134 valence electrons. The highest BCUT2D eigenvalue weighted by Gasteiger charge is 2.43. The Kier molecular flexibility index (Phi) is 5.40. The third kappa shape index (κ3) is 4.20. The molecule has 1 aliphatic heterocycles. The molecule has 0 aromatic carbocycles. The van der Waals surface area contributed by atoms with Crippen molar-refractivity contribution in [3.8, 4) is 0 Å². The van der Waals surface area contributed by atoms with E-state index in [4.69, 9.17) is 13.9 Å². The fourth-order valence-electron chi connectivity index (χ4n) is 3.18. The van der Waals surface area contributed by atoms with Crippen molar-refractivity contribution in [3.05, 3.63) is 11.3 Å². The lowest BCUT2D eigenvalue weighted by molar-refractivity contribution is -0.100. The van der Waals surface area contributed by atoms with Crippen molar-refractivity contribution < 1.29 is 13.9 Å². The lowest BCUT2D eigenvalue weighted by Crippen LogP contribution is -2.44. The predicted octanol–water partition coefficient (Wildman–Crippen LogP) is 5.48. The Labute approximate surface area is 143 Å². The molecule has 23 heavy (non-hydrogen) atoms. The second-order valence-electron chi connectivity index (χ2n) is 9.37. The third-order valence-corrected chi connectivity index (χ3v) is 10.6. The summed E-state index contributed by atoms with van der Waals surface area (Å²) in [4.78, 5) is 0. The lowest BCUT2D eigenvalue weighted by atomic mass is 9.69. The highest BCUT2D eigenvalue weighted by atomic mass is 28.4. The van der Waals surface area contributed by atoms with Crippen LogP contribution in [0.15, 0.2) is 11.3 Å². The van der Waals surface area contributed by atoms with Crippen molar-refractivity contribution in [3.63, 3.8) is 0 Å². The molecule has 0 saturated heterocycles. The van der Waals surface area contributed by atoms with Gasteiger partial charge in [0, 0.05) is 26.1 Å². The molecule has 2 unspecified atom stereocenters. The van der Waals surface area contributed by atoms with Gasteiger partial charge in [-0.2, -0.15) is 0 Å². The highest BCUT2D eigenvalue weighted by molar-refractivity contribution is 6.74. The van der Waals surface area contributed by atoms with Gasteiger partial charge in [-0.1, -0.05) is 34.6 Å². The number of allylic oxidation sites excluding steroid dienone is 1. The quantitative estimate of drug-likeness (QED) is 0.620. The standard InChI is InChI=1S/C19H36O3Si/c1-9-20-17-11-14-10-15(19(5,6)12-16(14)22-17)13-21-23(7,8)18(2,3)4/h15,17H,9-13H2,1-8H3. The van der Waals surface area contributed by atoms with Crippen LogP contribution in [0.25, 0.3) is 0 Å². The van der Waals surface area contributed by atoms with E-state index < -0.39 is 8.32 Å². The predicted molar refractivity (Wildman–Crippen MR) is 97.8 cm³/mol. The van der Waals surface area contributed by atoms with Crippen LogP contribution in [0, 0.1) is 11.3 Å². The first kappa shape index (κ1) is 19.0. The Bertz CT molecular complexity index is 460. The number of ether oxygens (including phenoxy) is 2. The van der Waals surface area contributed by atoms with E-state index in [1.54, 1.807) is 0 Å². The van der Waals surface area contributed by atoms with Crippen LogP contribution < -0.4 is 0 Å². The van der Waals surface area contributed by atoms with Gasteiger partial charge in [-0.25, -0.2) is 0 Å². The fourth-order valence-corrected chi connectivity index (χ4v) is 4.23. The summed E-state index contributed by atoms with van der Waals surface area (Å²) in [5, 5.41) is 0.271. The molecule has 0 radical (unpaired) electrons. The fraction of sp³-hybridized carbons (Fsp3) is 0.895. The Hall–Kier alpha value is -0.323. The smallest absolute Gasteiger partial charge is 0.203 e. The minimum atomic E-state index is -1.68. The Morgan fingerprint density at radius 3 is 2.43 bits per heavy atom. The van der Waals surface area contributed by atoms with Crippen LogP contribution >= 0.6 is 0 Å². The van der Waals surface area contributed by atoms with Gasteiger partial charge in [-0.3, -0.25) is 0 Å². The molecule has 0 amide bonds. The van der Waals surface area contributed by atoms with E-state index in [-0.39, 0.29) is 16.7 Å². The molecule has 0 bridgehead atoms. The molecular weight excluding hydrogens is 304 g/mol. The zero-order chi connectivity index (χ0) is 17.5. The molecule has 2 rings (SSSR count). The number of rotatable bonds is 5. The highest BCUT2D eigenvalue weighted by Crippen LogP contribution is 2.49. The average Bonchev–Trinajstić information content (AvgIpc) is 2.75. The van der Waals surface area contributed by atoms with Gasteiger partial charge in [-0.05, 0) is 48.4 Å². The SMILES string of the molecule is CCOC1CC2=C(CC(C)(C)C(CO[Si](C)(C)C(C)(C)C)C2)O1. The molecule has 4 heteroatoms. The Morgan fingerprint density at radius 1 is 1.22 bits per heavy atom. The summed E-state index contributed by atoms with van der Waals surface area (Å²) in [6, 6.07) is 0. The normalized spacial score (nSPS) is 27.8. The van der Waals surface area contributed by atoms with E-state index in [9.17, 15) is 0 Å². The molecule has 0 N–H and O–H groups in total. The first-order valence-electron chi connectivity index (χ1n) is 9.09. The van der Waals surface area contributed by atoms with Gasteiger partial charge in [0.1, 0.15) is 0 Å². The van der Waals surface area contributed by atoms with Crippen LogP contribution in [-0.4, -0.2) is 27.8 Å². The van der Waals surface area contributed by atoms with E-state index in [2.05, 4.69) is 47.7 Å². The summed E-state index contributed by atoms with van der Waals surface area (Å²) in [7, 11) is -1.68. The summed E-state index contributed by atoms with van der Waals surface area (Å²) in [6.07, 6.45) is 2.99. The molecule has 0 aromatic heterocycles. The molecule has 2 aliphatic rings. The van der Waals surface area contributed by atoms with Gasteiger partial charge in [-0.15, -0.1) is 0 Å². The Balaban J connectivity index is 2.01. The first-order chi connectivity index (χ1) is 10.5. The zero-order valence-electron chi connectivity index (χ0n) is 16.4. The average molecular weight is 341 g/mol. The molecule has 3 nitrogen and oxygen atoms in total. The van der Waals surface area contributed by atoms with Gasteiger partial charge < -0.3 is 13.9 Å². The maximum atomic E-state index is 6.54. The minimum absolute atomic E-state index is 0.0548.